The highest BCUT2D eigenvalue weighted by Crippen LogP contribution is 2.41. The molecule has 0 bridgehead atoms. The summed E-state index contributed by atoms with van der Waals surface area (Å²) in [5.41, 5.74) is 2.46. The molecule has 2 aliphatic rings. The van der Waals surface area contributed by atoms with E-state index in [-0.39, 0.29) is 17.2 Å². The van der Waals surface area contributed by atoms with Gasteiger partial charge in [0.15, 0.2) is 0 Å². The molecule has 2 amide bonds. The Labute approximate surface area is 140 Å². The summed E-state index contributed by atoms with van der Waals surface area (Å²) >= 11 is 0. The first-order valence-corrected chi connectivity index (χ1v) is 7.97. The van der Waals surface area contributed by atoms with Crippen LogP contribution in [0.3, 0.4) is 0 Å². The molecule has 1 atom stereocenters. The third kappa shape index (κ3) is 1.94. The maximum Gasteiger partial charge on any atom is 0.275 e. The zero-order valence-electron chi connectivity index (χ0n) is 13.9. The number of hydrogen-bond acceptors (Lipinski definition) is 3. The highest BCUT2D eigenvalue weighted by molar-refractivity contribution is 6.14. The quantitative estimate of drug-likeness (QED) is 0.699. The SMILES string of the molecule is CC(C)(C)c1ccc2c(c1)C1(NC(=O)c3ccccc3N1)C(=O)N2. The first-order valence-electron chi connectivity index (χ1n) is 7.97. The number of carbonyl (C=O) groups is 2. The number of hydrogen-bond donors (Lipinski definition) is 3. The molecule has 0 aromatic heterocycles. The molecule has 122 valence electrons. The van der Waals surface area contributed by atoms with Crippen molar-refractivity contribution in [3.63, 3.8) is 0 Å². The molecule has 24 heavy (non-hydrogen) atoms. The lowest BCUT2D eigenvalue weighted by atomic mass is 9.84. The normalized spacial score (nSPS) is 21.6. The second kappa shape index (κ2) is 4.60. The fraction of sp³-hybridized carbons (Fsp3) is 0.263. The highest BCUT2D eigenvalue weighted by atomic mass is 16.2. The number of amides is 2. The molecule has 0 radical (unpaired) electrons. The van der Waals surface area contributed by atoms with Gasteiger partial charge in [-0.3, -0.25) is 9.59 Å². The maximum absolute atomic E-state index is 12.7. The van der Waals surface area contributed by atoms with E-state index >= 15 is 0 Å². The van der Waals surface area contributed by atoms with Crippen LogP contribution in [0.15, 0.2) is 42.5 Å². The molecule has 2 heterocycles. The lowest BCUT2D eigenvalue weighted by molar-refractivity contribution is -0.120. The first kappa shape index (κ1) is 14.8. The predicted octanol–water partition coefficient (Wildman–Crippen LogP) is 2.94. The van der Waals surface area contributed by atoms with E-state index in [1.54, 1.807) is 12.1 Å². The summed E-state index contributed by atoms with van der Waals surface area (Å²) in [5.74, 6) is -0.528. The molecule has 5 nitrogen and oxygen atoms in total. The number of anilines is 2. The van der Waals surface area contributed by atoms with Crippen molar-refractivity contribution in [2.75, 3.05) is 10.6 Å². The van der Waals surface area contributed by atoms with Gasteiger partial charge in [0, 0.05) is 16.9 Å². The Morgan fingerprint density at radius 3 is 2.42 bits per heavy atom. The number of fused-ring (bicyclic) bond motifs is 3. The molecule has 5 heteroatoms. The van der Waals surface area contributed by atoms with Crippen molar-refractivity contribution < 1.29 is 9.59 Å². The fourth-order valence-corrected chi connectivity index (χ4v) is 3.28. The zero-order chi connectivity index (χ0) is 17.1. The summed E-state index contributed by atoms with van der Waals surface area (Å²) < 4.78 is 0. The molecule has 0 saturated carbocycles. The van der Waals surface area contributed by atoms with Crippen LogP contribution in [0.2, 0.25) is 0 Å². The molecule has 2 aromatic carbocycles. The van der Waals surface area contributed by atoms with Gasteiger partial charge in [-0.05, 0) is 35.2 Å². The van der Waals surface area contributed by atoms with Gasteiger partial charge in [0.1, 0.15) is 0 Å². The van der Waals surface area contributed by atoms with Gasteiger partial charge in [-0.25, -0.2) is 0 Å². The van der Waals surface area contributed by atoms with Crippen molar-refractivity contribution in [3.05, 3.63) is 59.2 Å². The van der Waals surface area contributed by atoms with Gasteiger partial charge in [0.2, 0.25) is 5.66 Å². The molecular formula is C19H19N3O2. The van der Waals surface area contributed by atoms with Crippen molar-refractivity contribution in [2.45, 2.75) is 31.8 Å². The smallest absolute Gasteiger partial charge is 0.275 e. The highest BCUT2D eigenvalue weighted by Gasteiger charge is 2.51. The van der Waals surface area contributed by atoms with Crippen LogP contribution < -0.4 is 16.0 Å². The van der Waals surface area contributed by atoms with Gasteiger partial charge in [0.05, 0.1) is 5.56 Å². The predicted molar refractivity (Wildman–Crippen MR) is 93.0 cm³/mol. The second-order valence-corrected chi connectivity index (χ2v) is 7.34. The van der Waals surface area contributed by atoms with Gasteiger partial charge in [-0.1, -0.05) is 39.0 Å². The topological polar surface area (TPSA) is 70.2 Å². The second-order valence-electron chi connectivity index (χ2n) is 7.34. The van der Waals surface area contributed by atoms with Crippen LogP contribution >= 0.6 is 0 Å². The van der Waals surface area contributed by atoms with Crippen LogP contribution in [0.1, 0.15) is 42.3 Å². The Morgan fingerprint density at radius 1 is 0.917 bits per heavy atom. The summed E-state index contributed by atoms with van der Waals surface area (Å²) in [5, 5.41) is 8.99. The monoisotopic (exact) mass is 321 g/mol. The summed E-state index contributed by atoms with van der Waals surface area (Å²) in [6.45, 7) is 6.36. The van der Waals surface area contributed by atoms with Crippen LogP contribution in [0, 0.1) is 0 Å². The van der Waals surface area contributed by atoms with Crippen molar-refractivity contribution in [1.29, 1.82) is 0 Å². The third-order valence-electron chi connectivity index (χ3n) is 4.67. The first-order chi connectivity index (χ1) is 11.3. The van der Waals surface area contributed by atoms with E-state index in [0.717, 1.165) is 16.8 Å². The summed E-state index contributed by atoms with van der Waals surface area (Å²) in [6, 6.07) is 13.1. The Balaban J connectivity index is 1.89. The largest absolute Gasteiger partial charge is 0.350 e. The van der Waals surface area contributed by atoms with E-state index in [2.05, 4.69) is 36.7 Å². The molecule has 2 aliphatic heterocycles. The van der Waals surface area contributed by atoms with Crippen LogP contribution in [0.25, 0.3) is 0 Å². The third-order valence-corrected chi connectivity index (χ3v) is 4.67. The molecule has 0 aliphatic carbocycles. The zero-order valence-corrected chi connectivity index (χ0v) is 13.9. The lowest BCUT2D eigenvalue weighted by Crippen LogP contribution is -2.59. The average Bonchev–Trinajstić information content (AvgIpc) is 2.78. The fourth-order valence-electron chi connectivity index (χ4n) is 3.28. The van der Waals surface area contributed by atoms with Gasteiger partial charge in [-0.2, -0.15) is 0 Å². The number of benzene rings is 2. The van der Waals surface area contributed by atoms with E-state index in [9.17, 15) is 9.59 Å². The maximum atomic E-state index is 12.7. The van der Waals surface area contributed by atoms with E-state index in [1.807, 2.05) is 30.3 Å². The van der Waals surface area contributed by atoms with Crippen LogP contribution in [-0.2, 0) is 15.9 Å². The molecule has 0 fully saturated rings. The van der Waals surface area contributed by atoms with Gasteiger partial charge in [0.25, 0.3) is 11.8 Å². The minimum Gasteiger partial charge on any atom is -0.350 e. The average molecular weight is 321 g/mol. The Morgan fingerprint density at radius 2 is 1.67 bits per heavy atom. The van der Waals surface area contributed by atoms with Crippen molar-refractivity contribution >= 4 is 23.2 Å². The van der Waals surface area contributed by atoms with Gasteiger partial charge < -0.3 is 16.0 Å². The van der Waals surface area contributed by atoms with Crippen LogP contribution in [-0.4, -0.2) is 11.8 Å². The van der Waals surface area contributed by atoms with E-state index < -0.39 is 5.66 Å². The Kier molecular flexibility index (Phi) is 2.83. The Hall–Kier alpha value is -2.82. The van der Waals surface area contributed by atoms with Gasteiger partial charge >= 0.3 is 0 Å². The molecule has 3 N–H and O–H groups in total. The van der Waals surface area contributed by atoms with E-state index in [4.69, 9.17) is 0 Å². The molecule has 0 saturated heterocycles. The van der Waals surface area contributed by atoms with Crippen LogP contribution in [0.4, 0.5) is 11.4 Å². The van der Waals surface area contributed by atoms with Crippen molar-refractivity contribution in [2.24, 2.45) is 0 Å². The van der Waals surface area contributed by atoms with E-state index in [0.29, 0.717) is 11.3 Å². The molecule has 1 unspecified atom stereocenters. The summed E-state index contributed by atoms with van der Waals surface area (Å²) in [6.07, 6.45) is 0. The molecule has 4 rings (SSSR count). The molecular weight excluding hydrogens is 302 g/mol. The van der Waals surface area contributed by atoms with Gasteiger partial charge in [-0.15, -0.1) is 0 Å². The summed E-state index contributed by atoms with van der Waals surface area (Å²) in [4.78, 5) is 25.3. The molecule has 1 spiro atoms. The number of rotatable bonds is 0. The lowest BCUT2D eigenvalue weighted by Gasteiger charge is -2.36. The van der Waals surface area contributed by atoms with E-state index in [1.165, 1.54) is 0 Å². The van der Waals surface area contributed by atoms with Crippen molar-refractivity contribution in [1.82, 2.24) is 5.32 Å². The van der Waals surface area contributed by atoms with Crippen molar-refractivity contribution in [3.8, 4) is 0 Å². The number of para-hydroxylation sites is 1. The molecule has 2 aromatic rings. The Bertz CT molecular complexity index is 882. The minimum atomic E-state index is -1.26. The van der Waals surface area contributed by atoms with Crippen LogP contribution in [0.5, 0.6) is 0 Å². The minimum absolute atomic E-state index is 0.0571. The number of nitrogens with one attached hydrogen (secondary N) is 3. The standard InChI is InChI=1S/C19H19N3O2/c1-18(2,3)11-8-9-15-13(10-11)19(17(24)20-15)21-14-7-5-4-6-12(14)16(23)22-19/h4-10,21H,1-3H3,(H,20,24)(H,22,23). The number of carbonyl (C=O) groups excluding carboxylic acids is 2. The summed E-state index contributed by atoms with van der Waals surface area (Å²) in [7, 11) is 0.